The summed E-state index contributed by atoms with van der Waals surface area (Å²) in [6.07, 6.45) is 4.86. The van der Waals surface area contributed by atoms with Crippen molar-refractivity contribution in [3.63, 3.8) is 0 Å². The van der Waals surface area contributed by atoms with Crippen LogP contribution in [-0.4, -0.2) is 31.6 Å². The van der Waals surface area contributed by atoms with Crippen LogP contribution in [-0.2, 0) is 24.7 Å². The molecule has 0 saturated heterocycles. The van der Waals surface area contributed by atoms with Crippen LogP contribution >= 0.6 is 23.1 Å². The van der Waals surface area contributed by atoms with Gasteiger partial charge in [0.2, 0.25) is 5.91 Å². The van der Waals surface area contributed by atoms with Gasteiger partial charge in [-0.3, -0.25) is 4.79 Å². The van der Waals surface area contributed by atoms with Crippen molar-refractivity contribution < 1.29 is 9.32 Å². The van der Waals surface area contributed by atoms with Gasteiger partial charge in [0.05, 0.1) is 10.6 Å². The third kappa shape index (κ3) is 4.00. The average Bonchev–Trinajstić information content (AvgIpc) is 3.37. The van der Waals surface area contributed by atoms with E-state index < -0.39 is 0 Å². The second-order valence-corrected chi connectivity index (χ2v) is 9.18. The molecule has 7 nitrogen and oxygen atoms in total. The van der Waals surface area contributed by atoms with E-state index in [2.05, 4.69) is 33.7 Å². The Morgan fingerprint density at radius 2 is 2.29 bits per heavy atom. The van der Waals surface area contributed by atoms with Gasteiger partial charge in [0.15, 0.2) is 16.8 Å². The maximum atomic E-state index is 12.1. The largest absolute Gasteiger partial charge is 0.360 e. The Hall–Kier alpha value is -2.13. The number of thiophene rings is 1. The zero-order valence-electron chi connectivity index (χ0n) is 16.2. The summed E-state index contributed by atoms with van der Waals surface area (Å²) in [7, 11) is 1.95. The van der Waals surface area contributed by atoms with Crippen LogP contribution in [0.4, 0.5) is 5.82 Å². The zero-order chi connectivity index (χ0) is 19.7. The molecule has 9 heteroatoms. The molecule has 1 aliphatic carbocycles. The van der Waals surface area contributed by atoms with Crippen LogP contribution in [0, 0.1) is 12.8 Å². The first-order chi connectivity index (χ1) is 13.5. The van der Waals surface area contributed by atoms with Crippen molar-refractivity contribution in [1.82, 2.24) is 19.9 Å². The quantitative estimate of drug-likeness (QED) is 0.608. The molecule has 148 valence electrons. The van der Waals surface area contributed by atoms with E-state index in [-0.39, 0.29) is 11.7 Å². The normalized spacial score (nSPS) is 16.2. The van der Waals surface area contributed by atoms with Crippen molar-refractivity contribution in [3.8, 4) is 10.7 Å². The van der Waals surface area contributed by atoms with Gasteiger partial charge in [0.1, 0.15) is 5.76 Å². The predicted octanol–water partition coefficient (Wildman–Crippen LogP) is 4.09. The zero-order valence-corrected chi connectivity index (χ0v) is 17.8. The van der Waals surface area contributed by atoms with Gasteiger partial charge in [0, 0.05) is 18.0 Å². The van der Waals surface area contributed by atoms with Gasteiger partial charge in [-0.05, 0) is 43.7 Å². The molecule has 3 aromatic heterocycles. The third-order valence-corrected chi connectivity index (χ3v) is 7.30. The number of hydrogen-bond acceptors (Lipinski definition) is 7. The molecule has 3 aromatic rings. The molecule has 1 N–H and O–H groups in total. The van der Waals surface area contributed by atoms with Crippen LogP contribution in [0.5, 0.6) is 0 Å². The molecule has 3 heterocycles. The van der Waals surface area contributed by atoms with E-state index >= 15 is 0 Å². The minimum absolute atomic E-state index is 0.153. The van der Waals surface area contributed by atoms with Crippen molar-refractivity contribution >= 4 is 34.8 Å². The summed E-state index contributed by atoms with van der Waals surface area (Å²) in [5.41, 5.74) is 1.47. The second-order valence-electron chi connectivity index (χ2n) is 7.10. The van der Waals surface area contributed by atoms with Gasteiger partial charge in [-0.15, -0.1) is 21.5 Å². The summed E-state index contributed by atoms with van der Waals surface area (Å²) in [4.78, 5) is 14.7. The lowest BCUT2D eigenvalue weighted by Gasteiger charge is -2.19. The number of aryl methyl sites for hydroxylation is 2. The smallest absolute Gasteiger partial charge is 0.236 e. The van der Waals surface area contributed by atoms with E-state index in [4.69, 9.17) is 4.52 Å². The van der Waals surface area contributed by atoms with E-state index in [1.807, 2.05) is 23.0 Å². The van der Waals surface area contributed by atoms with Gasteiger partial charge in [0.25, 0.3) is 0 Å². The van der Waals surface area contributed by atoms with Crippen molar-refractivity contribution in [3.05, 3.63) is 28.3 Å². The molecule has 0 aliphatic heterocycles. The summed E-state index contributed by atoms with van der Waals surface area (Å²) in [6, 6.07) is 3.96. The van der Waals surface area contributed by atoms with Gasteiger partial charge >= 0.3 is 0 Å². The Bertz CT molecular complexity index is 991. The van der Waals surface area contributed by atoms with Crippen LogP contribution in [0.15, 0.2) is 21.8 Å². The molecule has 0 bridgehead atoms. The maximum absolute atomic E-state index is 12.1. The van der Waals surface area contributed by atoms with Crippen LogP contribution in [0.3, 0.4) is 0 Å². The molecular formula is C19H23N5O2S2. The number of anilines is 1. The SMILES string of the molecule is CC[C@@H]1CCc2sc(-c3nnc(SCC(=O)Nc4cc(C)on4)n3C)cc2C1. The number of aromatic nitrogens is 4. The van der Waals surface area contributed by atoms with E-state index in [9.17, 15) is 4.79 Å². The lowest BCUT2D eigenvalue weighted by molar-refractivity contribution is -0.113. The molecule has 4 rings (SSSR count). The molecular weight excluding hydrogens is 394 g/mol. The Morgan fingerprint density at radius 1 is 1.43 bits per heavy atom. The Kier molecular flexibility index (Phi) is 5.54. The molecule has 0 saturated carbocycles. The minimum atomic E-state index is -0.153. The van der Waals surface area contributed by atoms with Crippen LogP contribution < -0.4 is 5.32 Å². The summed E-state index contributed by atoms with van der Waals surface area (Å²) in [5.74, 6) is 2.83. The first kappa shape index (κ1) is 19.2. The number of nitrogens with one attached hydrogen (secondary N) is 1. The standard InChI is InChI=1S/C19H23N5O2S2/c1-4-12-5-6-14-13(8-12)9-15(28-14)18-21-22-19(24(18)3)27-10-17(25)20-16-7-11(2)26-23-16/h7,9,12H,4-6,8,10H2,1-3H3,(H,20,23,25)/t12-/m1/s1. The van der Waals surface area contributed by atoms with E-state index in [1.54, 1.807) is 13.0 Å². The molecule has 0 aromatic carbocycles. The molecule has 28 heavy (non-hydrogen) atoms. The minimum Gasteiger partial charge on any atom is -0.360 e. The molecule has 1 aliphatic rings. The average molecular weight is 418 g/mol. The fourth-order valence-electron chi connectivity index (χ4n) is 3.45. The van der Waals surface area contributed by atoms with Crippen molar-refractivity contribution in [2.24, 2.45) is 13.0 Å². The topological polar surface area (TPSA) is 85.8 Å². The predicted molar refractivity (Wildman–Crippen MR) is 111 cm³/mol. The Balaban J connectivity index is 1.42. The van der Waals surface area contributed by atoms with Crippen molar-refractivity contribution in [2.45, 2.75) is 44.7 Å². The number of carbonyl (C=O) groups is 1. The maximum Gasteiger partial charge on any atom is 0.236 e. The first-order valence-corrected chi connectivity index (χ1v) is 11.2. The fourth-order valence-corrected chi connectivity index (χ4v) is 5.39. The van der Waals surface area contributed by atoms with Gasteiger partial charge < -0.3 is 14.4 Å². The van der Waals surface area contributed by atoms with Gasteiger partial charge in [-0.25, -0.2) is 0 Å². The van der Waals surface area contributed by atoms with E-state index in [0.29, 0.717) is 11.6 Å². The summed E-state index contributed by atoms with van der Waals surface area (Å²) >= 11 is 3.19. The number of carbonyl (C=O) groups excluding carboxylic acids is 1. The third-order valence-electron chi connectivity index (χ3n) is 5.05. The summed E-state index contributed by atoms with van der Waals surface area (Å²) < 4.78 is 6.92. The second kappa shape index (κ2) is 8.08. The number of nitrogens with zero attached hydrogens (tertiary/aromatic N) is 4. The Labute approximate surface area is 171 Å². The summed E-state index contributed by atoms with van der Waals surface area (Å²) in [5, 5.41) is 15.9. The highest BCUT2D eigenvalue weighted by atomic mass is 32.2. The Morgan fingerprint density at radius 3 is 3.04 bits per heavy atom. The fraction of sp³-hybridized carbons (Fsp3) is 0.474. The van der Waals surface area contributed by atoms with Crippen molar-refractivity contribution in [2.75, 3.05) is 11.1 Å². The van der Waals surface area contributed by atoms with Gasteiger partial charge in [-0.1, -0.05) is 30.3 Å². The molecule has 0 unspecified atom stereocenters. The lowest BCUT2D eigenvalue weighted by Crippen LogP contribution is -2.14. The first-order valence-electron chi connectivity index (χ1n) is 9.40. The number of fused-ring (bicyclic) bond motifs is 1. The number of thioether (sulfide) groups is 1. The molecule has 0 spiro atoms. The highest BCUT2D eigenvalue weighted by molar-refractivity contribution is 7.99. The van der Waals surface area contributed by atoms with E-state index in [0.717, 1.165) is 21.8 Å². The van der Waals surface area contributed by atoms with Crippen LogP contribution in [0.2, 0.25) is 0 Å². The monoisotopic (exact) mass is 417 g/mol. The highest BCUT2D eigenvalue weighted by Gasteiger charge is 2.22. The molecule has 1 atom stereocenters. The van der Waals surface area contributed by atoms with Gasteiger partial charge in [-0.2, -0.15) is 0 Å². The number of hydrogen-bond donors (Lipinski definition) is 1. The van der Waals surface area contributed by atoms with Crippen LogP contribution in [0.25, 0.3) is 10.7 Å². The van der Waals surface area contributed by atoms with Crippen molar-refractivity contribution in [1.29, 1.82) is 0 Å². The number of rotatable bonds is 6. The molecule has 0 fully saturated rings. The molecule has 1 amide bonds. The summed E-state index contributed by atoms with van der Waals surface area (Å²) in [6.45, 7) is 4.05. The lowest BCUT2D eigenvalue weighted by atomic mass is 9.87. The number of amides is 1. The van der Waals surface area contributed by atoms with Crippen LogP contribution in [0.1, 0.15) is 36.0 Å². The van der Waals surface area contributed by atoms with E-state index in [1.165, 1.54) is 47.9 Å². The molecule has 0 radical (unpaired) electrons. The highest BCUT2D eigenvalue weighted by Crippen LogP contribution is 2.38.